The lowest BCUT2D eigenvalue weighted by molar-refractivity contribution is -0.119. The van der Waals surface area contributed by atoms with Gasteiger partial charge in [-0.05, 0) is 18.2 Å². The van der Waals surface area contributed by atoms with Crippen LogP contribution in [0.25, 0.3) is 0 Å². The zero-order valence-electron chi connectivity index (χ0n) is 10.8. The Bertz CT molecular complexity index is 599. The highest BCUT2D eigenvalue weighted by Crippen LogP contribution is 2.16. The van der Waals surface area contributed by atoms with Gasteiger partial charge < -0.3 is 15.4 Å². The summed E-state index contributed by atoms with van der Waals surface area (Å²) in [6.45, 7) is -0.0184. The number of ether oxygens (including phenoxy) is 1. The maximum Gasteiger partial charge on any atom is 0.275 e. The van der Waals surface area contributed by atoms with Gasteiger partial charge in [-0.2, -0.15) is 0 Å². The number of anilines is 2. The SMILES string of the molecule is COCC(=O)Nc1cccc(NC(=O)c2cscn2)c1. The second-order valence-electron chi connectivity index (χ2n) is 3.89. The molecule has 0 spiro atoms. The Balaban J connectivity index is 2.02. The Morgan fingerprint density at radius 2 is 2.05 bits per heavy atom. The maximum atomic E-state index is 11.8. The Kier molecular flexibility index (Phi) is 4.80. The monoisotopic (exact) mass is 291 g/mol. The van der Waals surface area contributed by atoms with Crippen LogP contribution >= 0.6 is 11.3 Å². The van der Waals surface area contributed by atoms with Gasteiger partial charge in [0.25, 0.3) is 5.91 Å². The van der Waals surface area contributed by atoms with Gasteiger partial charge >= 0.3 is 0 Å². The van der Waals surface area contributed by atoms with Crippen LogP contribution in [-0.2, 0) is 9.53 Å². The minimum Gasteiger partial charge on any atom is -0.375 e. The minimum atomic E-state index is -0.286. The van der Waals surface area contributed by atoms with Gasteiger partial charge in [0.1, 0.15) is 12.3 Å². The zero-order valence-corrected chi connectivity index (χ0v) is 11.6. The fourth-order valence-electron chi connectivity index (χ4n) is 1.52. The summed E-state index contributed by atoms with van der Waals surface area (Å²) in [7, 11) is 1.45. The van der Waals surface area contributed by atoms with E-state index in [0.29, 0.717) is 17.1 Å². The third kappa shape index (κ3) is 3.87. The van der Waals surface area contributed by atoms with Crippen molar-refractivity contribution in [3.05, 3.63) is 40.8 Å². The van der Waals surface area contributed by atoms with Gasteiger partial charge in [0.15, 0.2) is 0 Å². The molecule has 0 fully saturated rings. The largest absolute Gasteiger partial charge is 0.375 e. The molecule has 2 rings (SSSR count). The molecule has 0 unspecified atom stereocenters. The predicted octanol–water partition coefficient (Wildman–Crippen LogP) is 1.98. The number of hydrogen-bond acceptors (Lipinski definition) is 5. The average Bonchev–Trinajstić information content (AvgIpc) is 2.93. The number of rotatable bonds is 5. The summed E-state index contributed by atoms with van der Waals surface area (Å²) in [5.41, 5.74) is 3.13. The highest BCUT2D eigenvalue weighted by Gasteiger charge is 2.08. The molecule has 6 nitrogen and oxygen atoms in total. The van der Waals surface area contributed by atoms with Crippen LogP contribution in [0.5, 0.6) is 0 Å². The molecule has 0 aliphatic heterocycles. The normalized spacial score (nSPS) is 10.1. The van der Waals surface area contributed by atoms with Crippen molar-refractivity contribution in [2.75, 3.05) is 24.4 Å². The minimum absolute atomic E-state index is 0.0184. The van der Waals surface area contributed by atoms with E-state index in [2.05, 4.69) is 15.6 Å². The van der Waals surface area contributed by atoms with E-state index < -0.39 is 0 Å². The standard InChI is InChI=1S/C13H13N3O3S/c1-19-6-12(17)15-9-3-2-4-10(5-9)16-13(18)11-7-20-8-14-11/h2-5,7-8H,6H2,1H3,(H,15,17)(H,16,18). The predicted molar refractivity (Wildman–Crippen MR) is 77.0 cm³/mol. The van der Waals surface area contributed by atoms with Crippen molar-refractivity contribution in [2.45, 2.75) is 0 Å². The number of carbonyl (C=O) groups excluding carboxylic acids is 2. The second-order valence-corrected chi connectivity index (χ2v) is 4.61. The Labute approximate surface area is 119 Å². The smallest absolute Gasteiger partial charge is 0.275 e. The van der Waals surface area contributed by atoms with Crippen LogP contribution in [0.15, 0.2) is 35.2 Å². The van der Waals surface area contributed by atoms with Gasteiger partial charge in [0.05, 0.1) is 5.51 Å². The number of thiazole rings is 1. The first kappa shape index (κ1) is 14.2. The Morgan fingerprint density at radius 3 is 2.70 bits per heavy atom. The summed E-state index contributed by atoms with van der Waals surface area (Å²) in [4.78, 5) is 27.2. The van der Waals surface area contributed by atoms with E-state index in [1.807, 2.05) is 0 Å². The van der Waals surface area contributed by atoms with Gasteiger partial charge in [0.2, 0.25) is 5.91 Å². The number of nitrogens with one attached hydrogen (secondary N) is 2. The van der Waals surface area contributed by atoms with Crippen LogP contribution in [0, 0.1) is 0 Å². The molecule has 0 saturated carbocycles. The molecule has 2 amide bonds. The fraction of sp³-hybridized carbons (Fsp3) is 0.154. The molecular weight excluding hydrogens is 278 g/mol. The molecule has 0 aliphatic carbocycles. The third-order valence-corrected chi connectivity index (χ3v) is 2.93. The van der Waals surface area contributed by atoms with Crippen molar-refractivity contribution in [1.82, 2.24) is 4.98 Å². The summed E-state index contributed by atoms with van der Waals surface area (Å²) in [5.74, 6) is -0.540. The quantitative estimate of drug-likeness (QED) is 0.882. The van der Waals surface area contributed by atoms with E-state index in [1.165, 1.54) is 18.4 Å². The number of hydrogen-bond donors (Lipinski definition) is 2. The lowest BCUT2D eigenvalue weighted by Gasteiger charge is -2.07. The highest BCUT2D eigenvalue weighted by atomic mass is 32.1. The van der Waals surface area contributed by atoms with Crippen molar-refractivity contribution in [2.24, 2.45) is 0 Å². The molecule has 0 bridgehead atoms. The Morgan fingerprint density at radius 1 is 1.30 bits per heavy atom. The molecule has 0 aliphatic rings. The van der Waals surface area contributed by atoms with Crippen LogP contribution < -0.4 is 10.6 Å². The molecular formula is C13H13N3O3S. The van der Waals surface area contributed by atoms with Crippen molar-refractivity contribution in [3.63, 3.8) is 0 Å². The summed E-state index contributed by atoms with van der Waals surface area (Å²) < 4.78 is 4.73. The second kappa shape index (κ2) is 6.78. The molecule has 2 aromatic rings. The van der Waals surface area contributed by atoms with Crippen molar-refractivity contribution >= 4 is 34.5 Å². The van der Waals surface area contributed by atoms with Gasteiger partial charge in [-0.25, -0.2) is 4.98 Å². The summed E-state index contributed by atoms with van der Waals surface area (Å²) in [6.07, 6.45) is 0. The summed E-state index contributed by atoms with van der Waals surface area (Å²) in [5, 5.41) is 7.04. The molecule has 1 aromatic carbocycles. The van der Waals surface area contributed by atoms with E-state index in [1.54, 1.807) is 35.2 Å². The Hall–Kier alpha value is -2.25. The summed E-state index contributed by atoms with van der Waals surface area (Å²) >= 11 is 1.35. The molecule has 7 heteroatoms. The van der Waals surface area contributed by atoms with Crippen LogP contribution in [-0.4, -0.2) is 30.5 Å². The van der Waals surface area contributed by atoms with Crippen LogP contribution in [0.3, 0.4) is 0 Å². The number of methoxy groups -OCH3 is 1. The molecule has 0 atom stereocenters. The molecule has 1 aromatic heterocycles. The van der Waals surface area contributed by atoms with Crippen molar-refractivity contribution in [1.29, 1.82) is 0 Å². The van der Waals surface area contributed by atoms with Crippen LogP contribution in [0.4, 0.5) is 11.4 Å². The zero-order chi connectivity index (χ0) is 14.4. The first-order chi connectivity index (χ1) is 9.69. The van der Waals surface area contributed by atoms with E-state index in [4.69, 9.17) is 4.74 Å². The average molecular weight is 291 g/mol. The molecule has 20 heavy (non-hydrogen) atoms. The lowest BCUT2D eigenvalue weighted by Crippen LogP contribution is -2.17. The first-order valence-corrected chi connectivity index (χ1v) is 6.71. The highest BCUT2D eigenvalue weighted by molar-refractivity contribution is 7.07. The number of nitrogens with zero attached hydrogens (tertiary/aromatic N) is 1. The van der Waals surface area contributed by atoms with E-state index in [0.717, 1.165) is 0 Å². The molecule has 1 heterocycles. The summed E-state index contributed by atoms with van der Waals surface area (Å²) in [6, 6.07) is 6.86. The molecule has 104 valence electrons. The van der Waals surface area contributed by atoms with E-state index in [9.17, 15) is 9.59 Å². The molecule has 0 saturated heterocycles. The number of benzene rings is 1. The van der Waals surface area contributed by atoms with E-state index in [-0.39, 0.29) is 18.4 Å². The van der Waals surface area contributed by atoms with Gasteiger partial charge in [-0.3, -0.25) is 9.59 Å². The van der Waals surface area contributed by atoms with Crippen molar-refractivity contribution in [3.8, 4) is 0 Å². The third-order valence-electron chi connectivity index (χ3n) is 2.34. The fourth-order valence-corrected chi connectivity index (χ4v) is 2.05. The van der Waals surface area contributed by atoms with Gasteiger partial charge in [-0.1, -0.05) is 6.07 Å². The number of carbonyl (C=O) groups is 2. The lowest BCUT2D eigenvalue weighted by atomic mass is 10.2. The van der Waals surface area contributed by atoms with Crippen molar-refractivity contribution < 1.29 is 14.3 Å². The van der Waals surface area contributed by atoms with Gasteiger partial charge in [-0.15, -0.1) is 11.3 Å². The van der Waals surface area contributed by atoms with Crippen LogP contribution in [0.1, 0.15) is 10.5 Å². The first-order valence-electron chi connectivity index (χ1n) is 5.77. The number of aromatic nitrogens is 1. The topological polar surface area (TPSA) is 80.3 Å². The van der Waals surface area contributed by atoms with Gasteiger partial charge in [0, 0.05) is 23.9 Å². The van der Waals surface area contributed by atoms with Crippen LogP contribution in [0.2, 0.25) is 0 Å². The number of amides is 2. The van der Waals surface area contributed by atoms with E-state index >= 15 is 0 Å². The molecule has 0 radical (unpaired) electrons. The molecule has 2 N–H and O–H groups in total. The maximum absolute atomic E-state index is 11.8.